The Bertz CT molecular complexity index is 1120. The first-order valence-corrected chi connectivity index (χ1v) is 11.2. The summed E-state index contributed by atoms with van der Waals surface area (Å²) >= 11 is 0. The lowest BCUT2D eigenvalue weighted by Gasteiger charge is -2.23. The molecule has 0 heterocycles. The summed E-state index contributed by atoms with van der Waals surface area (Å²) in [6.07, 6.45) is 0. The molecule has 0 saturated carbocycles. The average Bonchev–Trinajstić information content (AvgIpc) is 2.73. The zero-order chi connectivity index (χ0) is 25.3. The van der Waals surface area contributed by atoms with Gasteiger partial charge in [-0.15, -0.1) is 0 Å². The molecule has 0 radical (unpaired) electrons. The van der Waals surface area contributed by atoms with E-state index in [-0.39, 0.29) is 33.5 Å². The molecule has 34 heavy (non-hydrogen) atoms. The van der Waals surface area contributed by atoms with E-state index in [9.17, 15) is 19.8 Å². The summed E-state index contributed by atoms with van der Waals surface area (Å²) < 4.78 is 0. The maximum atomic E-state index is 13.0. The number of carbonyl (C=O) groups excluding carboxylic acids is 2. The van der Waals surface area contributed by atoms with Gasteiger partial charge in [0.25, 0.3) is 11.8 Å². The first-order valence-electron chi connectivity index (χ1n) is 11.2. The molecule has 3 aromatic carbocycles. The standard InChI is InChI=1S/C28H32N2O4/c1-27(2,3)19-9-7-11-21(31)23(19)25(33)29-17-13-15-18(16-14-17)30-26(34)24-20(28(4,5)6)10-8-12-22(24)32/h7-16,31-32H,1-6H3,(H,29,33)(H,30,34). The highest BCUT2D eigenvalue weighted by Gasteiger charge is 2.26. The van der Waals surface area contributed by atoms with Crippen LogP contribution in [0.15, 0.2) is 60.7 Å². The maximum absolute atomic E-state index is 13.0. The fraction of sp³-hybridized carbons (Fsp3) is 0.286. The summed E-state index contributed by atoms with van der Waals surface area (Å²) in [5.41, 5.74) is 2.34. The Balaban J connectivity index is 1.79. The van der Waals surface area contributed by atoms with Gasteiger partial charge in [-0.25, -0.2) is 0 Å². The van der Waals surface area contributed by atoms with Crippen molar-refractivity contribution in [2.45, 2.75) is 52.4 Å². The normalized spacial score (nSPS) is 11.7. The van der Waals surface area contributed by atoms with Crippen molar-refractivity contribution in [1.82, 2.24) is 0 Å². The number of aromatic hydroxyl groups is 2. The Kier molecular flexibility index (Phi) is 6.73. The van der Waals surface area contributed by atoms with Crippen molar-refractivity contribution in [3.63, 3.8) is 0 Å². The van der Waals surface area contributed by atoms with Gasteiger partial charge in [-0.05, 0) is 58.4 Å². The average molecular weight is 461 g/mol. The molecule has 0 aromatic heterocycles. The predicted octanol–water partition coefficient (Wildman–Crippen LogP) is 6.20. The van der Waals surface area contributed by atoms with Crippen molar-refractivity contribution in [1.29, 1.82) is 0 Å². The van der Waals surface area contributed by atoms with E-state index >= 15 is 0 Å². The van der Waals surface area contributed by atoms with Crippen LogP contribution in [-0.4, -0.2) is 22.0 Å². The van der Waals surface area contributed by atoms with E-state index in [2.05, 4.69) is 10.6 Å². The number of nitrogens with one attached hydrogen (secondary N) is 2. The summed E-state index contributed by atoms with van der Waals surface area (Å²) in [7, 11) is 0. The highest BCUT2D eigenvalue weighted by atomic mass is 16.3. The van der Waals surface area contributed by atoms with Gasteiger partial charge < -0.3 is 20.8 Å². The topological polar surface area (TPSA) is 98.7 Å². The van der Waals surface area contributed by atoms with E-state index < -0.39 is 11.8 Å². The van der Waals surface area contributed by atoms with Gasteiger partial charge in [0, 0.05) is 11.4 Å². The number of amides is 2. The van der Waals surface area contributed by atoms with Gasteiger partial charge in [0.15, 0.2) is 0 Å². The van der Waals surface area contributed by atoms with Gasteiger partial charge in [0.05, 0.1) is 11.1 Å². The third-order valence-electron chi connectivity index (χ3n) is 5.56. The molecule has 6 heteroatoms. The molecule has 0 aliphatic carbocycles. The number of phenolic OH excluding ortho intramolecular Hbond substituents is 2. The van der Waals surface area contributed by atoms with E-state index in [1.54, 1.807) is 36.4 Å². The minimum atomic E-state index is -0.413. The van der Waals surface area contributed by atoms with Crippen molar-refractivity contribution in [2.24, 2.45) is 0 Å². The quantitative estimate of drug-likeness (QED) is 0.373. The Morgan fingerprint density at radius 3 is 1.21 bits per heavy atom. The number of hydrogen-bond acceptors (Lipinski definition) is 4. The van der Waals surface area contributed by atoms with Crippen LogP contribution in [0.5, 0.6) is 11.5 Å². The summed E-state index contributed by atoms with van der Waals surface area (Å²) in [5.74, 6) is -0.982. The fourth-order valence-electron chi connectivity index (χ4n) is 3.83. The third-order valence-corrected chi connectivity index (χ3v) is 5.56. The largest absolute Gasteiger partial charge is 0.507 e. The first-order chi connectivity index (χ1) is 15.8. The number of phenols is 2. The molecule has 0 bridgehead atoms. The van der Waals surface area contributed by atoms with Crippen LogP contribution >= 0.6 is 0 Å². The van der Waals surface area contributed by atoms with E-state index in [1.807, 2.05) is 53.7 Å². The summed E-state index contributed by atoms with van der Waals surface area (Å²) in [6.45, 7) is 11.9. The van der Waals surface area contributed by atoms with Crippen LogP contribution in [0.2, 0.25) is 0 Å². The van der Waals surface area contributed by atoms with Gasteiger partial charge in [-0.1, -0.05) is 65.8 Å². The van der Waals surface area contributed by atoms with Gasteiger partial charge in [-0.2, -0.15) is 0 Å². The van der Waals surface area contributed by atoms with Gasteiger partial charge in [0.1, 0.15) is 11.5 Å². The second-order valence-electron chi connectivity index (χ2n) is 10.4. The molecule has 0 atom stereocenters. The molecule has 0 aliphatic rings. The number of anilines is 2. The summed E-state index contributed by atoms with van der Waals surface area (Å²) in [4.78, 5) is 25.9. The van der Waals surface area contributed by atoms with Crippen molar-refractivity contribution < 1.29 is 19.8 Å². The molecular formula is C28H32N2O4. The van der Waals surface area contributed by atoms with Crippen LogP contribution < -0.4 is 10.6 Å². The van der Waals surface area contributed by atoms with E-state index in [0.717, 1.165) is 11.1 Å². The molecule has 0 fully saturated rings. The highest BCUT2D eigenvalue weighted by Crippen LogP contribution is 2.33. The molecular weight excluding hydrogens is 428 g/mol. The predicted molar refractivity (Wildman–Crippen MR) is 136 cm³/mol. The second kappa shape index (κ2) is 9.21. The van der Waals surface area contributed by atoms with Crippen LogP contribution in [0.25, 0.3) is 0 Å². The molecule has 6 nitrogen and oxygen atoms in total. The molecule has 3 rings (SSSR count). The van der Waals surface area contributed by atoms with E-state index in [1.165, 1.54) is 12.1 Å². The minimum absolute atomic E-state index is 0.0777. The van der Waals surface area contributed by atoms with Crippen LogP contribution in [0.4, 0.5) is 11.4 Å². The van der Waals surface area contributed by atoms with E-state index in [4.69, 9.17) is 0 Å². The zero-order valence-electron chi connectivity index (χ0n) is 20.5. The number of benzene rings is 3. The van der Waals surface area contributed by atoms with Crippen molar-refractivity contribution in [2.75, 3.05) is 10.6 Å². The van der Waals surface area contributed by atoms with Crippen LogP contribution in [-0.2, 0) is 10.8 Å². The molecule has 178 valence electrons. The van der Waals surface area contributed by atoms with Crippen molar-refractivity contribution in [3.05, 3.63) is 82.9 Å². The number of hydrogen-bond donors (Lipinski definition) is 4. The van der Waals surface area contributed by atoms with Crippen LogP contribution in [0.3, 0.4) is 0 Å². The second-order valence-corrected chi connectivity index (χ2v) is 10.4. The first kappa shape index (κ1) is 24.8. The SMILES string of the molecule is CC(C)(C)c1cccc(O)c1C(=O)Nc1ccc(NC(=O)c2c(O)cccc2C(C)(C)C)cc1. The monoisotopic (exact) mass is 460 g/mol. The fourth-order valence-corrected chi connectivity index (χ4v) is 3.83. The maximum Gasteiger partial charge on any atom is 0.259 e. The molecule has 3 aromatic rings. The molecule has 0 spiro atoms. The van der Waals surface area contributed by atoms with Gasteiger partial charge in [-0.3, -0.25) is 9.59 Å². The molecule has 0 aliphatic heterocycles. The summed E-state index contributed by atoms with van der Waals surface area (Å²) in [5, 5.41) is 26.3. The Hall–Kier alpha value is -3.80. The molecule has 4 N–H and O–H groups in total. The van der Waals surface area contributed by atoms with Crippen molar-refractivity contribution >= 4 is 23.2 Å². The smallest absolute Gasteiger partial charge is 0.259 e. The lowest BCUT2D eigenvalue weighted by Crippen LogP contribution is -2.21. The van der Waals surface area contributed by atoms with Gasteiger partial charge >= 0.3 is 0 Å². The van der Waals surface area contributed by atoms with E-state index in [0.29, 0.717) is 11.4 Å². The number of rotatable bonds is 4. The minimum Gasteiger partial charge on any atom is -0.507 e. The number of carbonyl (C=O) groups is 2. The molecule has 0 unspecified atom stereocenters. The third kappa shape index (κ3) is 5.39. The van der Waals surface area contributed by atoms with Crippen molar-refractivity contribution in [3.8, 4) is 11.5 Å². The van der Waals surface area contributed by atoms with Gasteiger partial charge in [0.2, 0.25) is 0 Å². The lowest BCUT2D eigenvalue weighted by atomic mass is 9.83. The Labute approximate surface area is 200 Å². The summed E-state index contributed by atoms with van der Waals surface area (Å²) in [6, 6.07) is 16.8. The zero-order valence-corrected chi connectivity index (χ0v) is 20.5. The lowest BCUT2D eigenvalue weighted by molar-refractivity contribution is 0.101. The molecule has 0 saturated heterocycles. The molecule has 2 amide bonds. The van der Waals surface area contributed by atoms with Crippen LogP contribution in [0.1, 0.15) is 73.4 Å². The highest BCUT2D eigenvalue weighted by molar-refractivity contribution is 6.09. The Morgan fingerprint density at radius 2 is 0.912 bits per heavy atom. The van der Waals surface area contributed by atoms with Crippen LogP contribution in [0, 0.1) is 0 Å². The Morgan fingerprint density at radius 1 is 0.588 bits per heavy atom.